The molecule has 1 atom stereocenters. The van der Waals surface area contributed by atoms with Gasteiger partial charge in [0.2, 0.25) is 0 Å². The summed E-state index contributed by atoms with van der Waals surface area (Å²) in [5, 5.41) is 11.9. The molecule has 1 aliphatic rings. The Kier molecular flexibility index (Phi) is 5.35. The quantitative estimate of drug-likeness (QED) is 0.620. The van der Waals surface area contributed by atoms with Crippen molar-refractivity contribution in [1.82, 2.24) is 10.2 Å². The van der Waals surface area contributed by atoms with Crippen LogP contribution in [0.25, 0.3) is 0 Å². The van der Waals surface area contributed by atoms with Gasteiger partial charge in [0.05, 0.1) is 6.61 Å². The number of nitrogens with zero attached hydrogens (tertiary/aromatic N) is 1. The molecule has 0 aromatic carbocycles. The highest BCUT2D eigenvalue weighted by Gasteiger charge is 2.13. The number of aliphatic hydroxyl groups is 1. The maximum atomic E-state index is 8.62. The molecule has 0 radical (unpaired) electrons. The molecule has 1 fully saturated rings. The van der Waals surface area contributed by atoms with Crippen molar-refractivity contribution >= 4 is 0 Å². The summed E-state index contributed by atoms with van der Waals surface area (Å²) in [4.78, 5) is 2.41. The molecule has 0 amide bonds. The van der Waals surface area contributed by atoms with Crippen LogP contribution in [-0.2, 0) is 0 Å². The molecule has 13 heavy (non-hydrogen) atoms. The van der Waals surface area contributed by atoms with Crippen molar-refractivity contribution in [3.8, 4) is 0 Å². The van der Waals surface area contributed by atoms with Crippen LogP contribution in [0.1, 0.15) is 19.3 Å². The minimum Gasteiger partial charge on any atom is -0.395 e. The van der Waals surface area contributed by atoms with E-state index in [0.29, 0.717) is 0 Å². The normalized spacial score (nSPS) is 25.8. The molecular weight excluding hydrogens is 164 g/mol. The lowest BCUT2D eigenvalue weighted by atomic mass is 10.0. The maximum Gasteiger partial charge on any atom is 0.0555 e. The average Bonchev–Trinajstić information content (AvgIpc) is 2.32. The summed E-state index contributed by atoms with van der Waals surface area (Å²) >= 11 is 0. The second kappa shape index (κ2) is 6.35. The zero-order valence-corrected chi connectivity index (χ0v) is 8.63. The molecule has 0 aromatic rings. The molecule has 1 aliphatic heterocycles. The minimum absolute atomic E-state index is 0.257. The number of likely N-dealkylation sites (tertiary alicyclic amines) is 1. The van der Waals surface area contributed by atoms with Crippen LogP contribution in [0.3, 0.4) is 0 Å². The lowest BCUT2D eigenvalue weighted by Gasteiger charge is -2.15. The summed E-state index contributed by atoms with van der Waals surface area (Å²) < 4.78 is 0. The summed E-state index contributed by atoms with van der Waals surface area (Å²) in [7, 11) is 2.20. The predicted octanol–water partition coefficient (Wildman–Crippen LogP) is 0.300. The van der Waals surface area contributed by atoms with Gasteiger partial charge in [0.15, 0.2) is 0 Å². The van der Waals surface area contributed by atoms with E-state index in [1.165, 1.54) is 32.4 Å². The van der Waals surface area contributed by atoms with E-state index in [-0.39, 0.29) is 6.61 Å². The van der Waals surface area contributed by atoms with Crippen LogP contribution in [0.15, 0.2) is 0 Å². The fourth-order valence-corrected chi connectivity index (χ4v) is 1.90. The van der Waals surface area contributed by atoms with Crippen LogP contribution in [-0.4, -0.2) is 49.8 Å². The van der Waals surface area contributed by atoms with Crippen molar-refractivity contribution in [2.45, 2.75) is 19.3 Å². The number of aliphatic hydroxyl groups excluding tert-OH is 1. The van der Waals surface area contributed by atoms with Crippen molar-refractivity contribution in [2.75, 3.05) is 39.8 Å². The third-order valence-electron chi connectivity index (χ3n) is 2.79. The van der Waals surface area contributed by atoms with Gasteiger partial charge in [-0.3, -0.25) is 0 Å². The number of hydrogen-bond donors (Lipinski definition) is 2. The molecule has 1 unspecified atom stereocenters. The van der Waals surface area contributed by atoms with Crippen LogP contribution in [0.4, 0.5) is 0 Å². The van der Waals surface area contributed by atoms with Crippen molar-refractivity contribution in [3.05, 3.63) is 0 Å². The van der Waals surface area contributed by atoms with E-state index < -0.39 is 0 Å². The molecule has 3 nitrogen and oxygen atoms in total. The van der Waals surface area contributed by atoms with E-state index in [1.54, 1.807) is 0 Å². The minimum atomic E-state index is 0.257. The molecule has 0 spiro atoms. The van der Waals surface area contributed by atoms with Gasteiger partial charge in [0.25, 0.3) is 0 Å². The van der Waals surface area contributed by atoms with Crippen molar-refractivity contribution < 1.29 is 5.11 Å². The first-order chi connectivity index (χ1) is 6.33. The second-order valence-corrected chi connectivity index (χ2v) is 4.03. The molecule has 0 aliphatic carbocycles. The lowest BCUT2D eigenvalue weighted by Crippen LogP contribution is -2.26. The Balaban J connectivity index is 2.11. The fraction of sp³-hybridized carbons (Fsp3) is 1.00. The third-order valence-corrected chi connectivity index (χ3v) is 2.79. The van der Waals surface area contributed by atoms with Crippen molar-refractivity contribution in [1.29, 1.82) is 0 Å². The molecule has 2 N–H and O–H groups in total. The first kappa shape index (κ1) is 11.0. The predicted molar refractivity (Wildman–Crippen MR) is 54.8 cm³/mol. The van der Waals surface area contributed by atoms with Crippen LogP contribution >= 0.6 is 0 Å². The highest BCUT2D eigenvalue weighted by atomic mass is 16.3. The SMILES string of the molecule is CN1CCCC(CNCCO)CC1. The molecule has 3 heteroatoms. The summed E-state index contributed by atoms with van der Waals surface area (Å²) in [5.74, 6) is 0.816. The Hall–Kier alpha value is -0.120. The zero-order chi connectivity index (χ0) is 9.52. The van der Waals surface area contributed by atoms with Gasteiger partial charge in [-0.05, 0) is 51.9 Å². The van der Waals surface area contributed by atoms with E-state index in [9.17, 15) is 0 Å². The van der Waals surface area contributed by atoms with Gasteiger partial charge in [-0.2, -0.15) is 0 Å². The van der Waals surface area contributed by atoms with Crippen LogP contribution < -0.4 is 5.32 Å². The Morgan fingerprint density at radius 3 is 3.00 bits per heavy atom. The van der Waals surface area contributed by atoms with E-state index in [4.69, 9.17) is 5.11 Å². The topological polar surface area (TPSA) is 35.5 Å². The smallest absolute Gasteiger partial charge is 0.0555 e. The molecular formula is C10H22N2O. The van der Waals surface area contributed by atoms with Gasteiger partial charge in [0, 0.05) is 6.54 Å². The zero-order valence-electron chi connectivity index (χ0n) is 8.63. The second-order valence-electron chi connectivity index (χ2n) is 4.03. The monoisotopic (exact) mass is 186 g/mol. The van der Waals surface area contributed by atoms with E-state index in [1.807, 2.05) is 0 Å². The molecule has 1 rings (SSSR count). The van der Waals surface area contributed by atoms with E-state index in [2.05, 4.69) is 17.3 Å². The van der Waals surface area contributed by atoms with Gasteiger partial charge in [-0.1, -0.05) is 0 Å². The number of nitrogens with one attached hydrogen (secondary N) is 1. The van der Waals surface area contributed by atoms with Crippen molar-refractivity contribution in [2.24, 2.45) is 5.92 Å². The highest BCUT2D eigenvalue weighted by molar-refractivity contribution is 4.69. The first-order valence-corrected chi connectivity index (χ1v) is 5.33. The van der Waals surface area contributed by atoms with Crippen LogP contribution in [0.2, 0.25) is 0 Å². The molecule has 1 saturated heterocycles. The molecule has 1 heterocycles. The van der Waals surface area contributed by atoms with Gasteiger partial charge >= 0.3 is 0 Å². The Labute approximate surface area is 81.1 Å². The van der Waals surface area contributed by atoms with Gasteiger partial charge < -0.3 is 15.3 Å². The molecule has 0 aromatic heterocycles. The van der Waals surface area contributed by atoms with Crippen molar-refractivity contribution in [3.63, 3.8) is 0 Å². The Morgan fingerprint density at radius 2 is 2.23 bits per heavy atom. The van der Waals surface area contributed by atoms with Crippen LogP contribution in [0, 0.1) is 5.92 Å². The van der Waals surface area contributed by atoms with Gasteiger partial charge in [-0.15, -0.1) is 0 Å². The molecule has 0 bridgehead atoms. The van der Waals surface area contributed by atoms with E-state index >= 15 is 0 Å². The highest BCUT2D eigenvalue weighted by Crippen LogP contribution is 2.15. The molecule has 78 valence electrons. The van der Waals surface area contributed by atoms with Gasteiger partial charge in [0.1, 0.15) is 0 Å². The van der Waals surface area contributed by atoms with Gasteiger partial charge in [-0.25, -0.2) is 0 Å². The Morgan fingerprint density at radius 1 is 1.38 bits per heavy atom. The number of hydrogen-bond acceptors (Lipinski definition) is 3. The molecule has 0 saturated carbocycles. The lowest BCUT2D eigenvalue weighted by molar-refractivity contribution is 0.284. The summed E-state index contributed by atoms with van der Waals surface area (Å²) in [6.07, 6.45) is 3.96. The summed E-state index contributed by atoms with van der Waals surface area (Å²) in [6, 6.07) is 0. The first-order valence-electron chi connectivity index (χ1n) is 5.33. The number of rotatable bonds is 4. The van der Waals surface area contributed by atoms with Crippen LogP contribution in [0.5, 0.6) is 0 Å². The average molecular weight is 186 g/mol. The fourth-order valence-electron chi connectivity index (χ4n) is 1.90. The summed E-state index contributed by atoms with van der Waals surface area (Å²) in [6.45, 7) is 4.55. The van der Waals surface area contributed by atoms with E-state index in [0.717, 1.165) is 19.0 Å². The Bertz CT molecular complexity index is 130. The standard InChI is InChI=1S/C10H22N2O/c1-12-6-2-3-10(4-7-12)9-11-5-8-13/h10-11,13H,2-9H2,1H3. The third kappa shape index (κ3) is 4.60. The largest absolute Gasteiger partial charge is 0.395 e. The maximum absolute atomic E-state index is 8.62. The summed E-state index contributed by atoms with van der Waals surface area (Å²) in [5.41, 5.74) is 0.